The molecule has 32 heteroatoms. The van der Waals surface area contributed by atoms with Crippen LogP contribution in [0.1, 0.15) is 96.6 Å². The largest absolute Gasteiger partial charge is 0.475 e. The predicted molar refractivity (Wildman–Crippen MR) is 312 cm³/mol. The molecule has 0 bridgehead atoms. The number of fused-ring (bicyclic) bond motifs is 2. The quantitative estimate of drug-likeness (QED) is 0.0269. The molecule has 22 nitrogen and oxygen atoms in total. The van der Waals surface area contributed by atoms with Crippen LogP contribution in [0, 0.1) is 27.7 Å². The summed E-state index contributed by atoms with van der Waals surface area (Å²) in [6, 6.07) is 17.4. The van der Waals surface area contributed by atoms with Crippen LogP contribution in [-0.4, -0.2) is 105 Å². The van der Waals surface area contributed by atoms with Gasteiger partial charge in [-0.2, -0.15) is 36.3 Å². The van der Waals surface area contributed by atoms with E-state index in [2.05, 4.69) is 89.4 Å². The molecular weight excluding hydrogens is 1250 g/mol. The Morgan fingerprint density at radius 2 is 1.01 bits per heavy atom. The molecule has 0 unspecified atom stereocenters. The fourth-order valence-corrected chi connectivity index (χ4v) is 9.15. The molecule has 6 heterocycles. The molecule has 0 saturated heterocycles. The van der Waals surface area contributed by atoms with Crippen LogP contribution in [0.2, 0.25) is 19.6 Å². The van der Waals surface area contributed by atoms with Crippen LogP contribution in [0.15, 0.2) is 94.5 Å². The highest BCUT2D eigenvalue weighted by Gasteiger charge is 2.57. The first-order valence-electron chi connectivity index (χ1n) is 24.8. The summed E-state index contributed by atoms with van der Waals surface area (Å²) in [6.07, 6.45) is -5.94. The summed E-state index contributed by atoms with van der Waals surface area (Å²) < 4.78 is 136. The second-order valence-corrected chi connectivity index (χ2v) is 34.4. The molecule has 0 aliphatic rings. The molecule has 2 atom stereocenters. The van der Waals surface area contributed by atoms with Gasteiger partial charge >= 0.3 is 28.0 Å². The van der Waals surface area contributed by atoms with E-state index in [4.69, 9.17) is 23.4 Å². The standard InChI is InChI=1S/C25H27F3N5O6P.C23H23F3N5O6P.C3H9BrSi.2CH4/c1-15-9-11-33-19(14-29-20(33)12-15)23(34)30-18-13-17(7-6-16(18)2)22-31-21(38-32-22)8-10-24(3,25(26,27)28)39-40(35,36-4)37-5;1-13-7-9-31-17(12-27-18(31)10-13)21(32)28-16-11-15(5-4-14(16)2)20-29-19(36-30-20)6-8-22(3,23(24,25)26)37-38(33,34)35;1-5(2,3)4;;/h6-7,9,11-14H,8,10H2,1-5H3,(H,30,34);4-5,7,9-12H,6,8H2,1-3H3,(H,28,32)(H2,33,34,35);1-3H3;2*1H4/t24-;22-;;;/m00.../s1. The number of nitrogens with zero attached hydrogens (tertiary/aromatic N) is 8. The van der Waals surface area contributed by atoms with E-state index < -0.39 is 71.1 Å². The van der Waals surface area contributed by atoms with Crippen molar-refractivity contribution in [2.45, 2.75) is 125 Å². The van der Waals surface area contributed by atoms with Crippen LogP contribution in [-0.2, 0) is 40.1 Å². The van der Waals surface area contributed by atoms with Crippen molar-refractivity contribution in [2.75, 3.05) is 24.9 Å². The Hall–Kier alpha value is -6.46. The van der Waals surface area contributed by atoms with Crippen molar-refractivity contribution >= 4 is 72.1 Å². The van der Waals surface area contributed by atoms with Gasteiger partial charge in [-0.25, -0.2) is 19.1 Å². The molecule has 2 amide bonds. The number of aryl methyl sites for hydroxylation is 6. The Labute approximate surface area is 494 Å². The maximum absolute atomic E-state index is 13.8. The molecule has 85 heavy (non-hydrogen) atoms. The number of hydrogen-bond acceptors (Lipinski definition) is 16. The number of hydrogen-bond donors (Lipinski definition) is 4. The van der Waals surface area contributed by atoms with E-state index in [1.54, 1.807) is 71.4 Å². The van der Waals surface area contributed by atoms with Crippen molar-refractivity contribution in [3.8, 4) is 22.8 Å². The number of benzene rings is 2. The van der Waals surface area contributed by atoms with Gasteiger partial charge in [0.25, 0.3) is 11.8 Å². The van der Waals surface area contributed by atoms with Gasteiger partial charge in [0.05, 0.1) is 12.4 Å². The van der Waals surface area contributed by atoms with Gasteiger partial charge in [-0.1, -0.05) is 69.1 Å². The fraction of sp³-hybridized carbons (Fsp3) is 0.396. The van der Waals surface area contributed by atoms with Gasteiger partial charge in [-0.3, -0.25) is 36.5 Å². The number of halogens is 7. The zero-order chi connectivity index (χ0) is 61.7. The van der Waals surface area contributed by atoms with Gasteiger partial charge in [0.2, 0.25) is 23.4 Å². The van der Waals surface area contributed by atoms with E-state index in [-0.39, 0.29) is 50.6 Å². The highest BCUT2D eigenvalue weighted by atomic mass is 79.9. The van der Waals surface area contributed by atoms with Crippen LogP contribution in [0.5, 0.6) is 0 Å². The number of carbonyl (C=O) groups excluding carboxylic acids is 2. The van der Waals surface area contributed by atoms with E-state index in [9.17, 15) is 45.1 Å². The molecule has 464 valence electrons. The number of rotatable bonds is 18. The first kappa shape index (κ1) is 71.0. The highest BCUT2D eigenvalue weighted by molar-refractivity contribution is 9.26. The molecule has 0 fully saturated rings. The first-order valence-corrected chi connectivity index (χ1v) is 33.6. The fourth-order valence-electron chi connectivity index (χ4n) is 7.44. The van der Waals surface area contributed by atoms with E-state index in [1.165, 1.54) is 12.4 Å². The number of aromatic nitrogens is 8. The van der Waals surface area contributed by atoms with Crippen LogP contribution < -0.4 is 10.6 Å². The number of alkyl halides is 6. The predicted octanol–water partition coefficient (Wildman–Crippen LogP) is 14.0. The van der Waals surface area contributed by atoms with E-state index in [1.807, 2.05) is 38.1 Å². The minimum Gasteiger partial charge on any atom is -0.339 e. The van der Waals surface area contributed by atoms with Crippen molar-refractivity contribution in [2.24, 2.45) is 0 Å². The lowest BCUT2D eigenvalue weighted by molar-refractivity contribution is -0.249. The number of anilines is 2. The molecule has 2 aromatic carbocycles. The first-order chi connectivity index (χ1) is 38.4. The Morgan fingerprint density at radius 1 is 0.647 bits per heavy atom. The van der Waals surface area contributed by atoms with Crippen LogP contribution >= 0.6 is 30.9 Å². The summed E-state index contributed by atoms with van der Waals surface area (Å²) >= 11 is 3.51. The van der Waals surface area contributed by atoms with Crippen molar-refractivity contribution in [1.29, 1.82) is 0 Å². The van der Waals surface area contributed by atoms with Gasteiger partial charge in [0.1, 0.15) is 29.4 Å². The maximum atomic E-state index is 13.8. The third-order valence-electron chi connectivity index (χ3n) is 12.1. The van der Waals surface area contributed by atoms with E-state index in [0.717, 1.165) is 43.4 Å². The third kappa shape index (κ3) is 18.8. The number of carbonyl (C=O) groups is 2. The maximum Gasteiger partial charge on any atom is 0.475 e. The number of imidazole rings is 2. The zero-order valence-electron chi connectivity index (χ0n) is 46.5. The van der Waals surface area contributed by atoms with Gasteiger partial charge in [0.15, 0.2) is 11.2 Å². The minimum absolute atomic E-state index is 0. The molecule has 0 radical (unpaired) electrons. The normalized spacial score (nSPS) is 13.5. The summed E-state index contributed by atoms with van der Waals surface area (Å²) in [7, 11) is -8.04. The summed E-state index contributed by atoms with van der Waals surface area (Å²) in [5.41, 5.74) is 1.16. The van der Waals surface area contributed by atoms with E-state index in [0.29, 0.717) is 52.1 Å². The topological polar surface area (TPSA) is 282 Å². The van der Waals surface area contributed by atoms with Crippen LogP contribution in [0.3, 0.4) is 0 Å². The molecule has 4 N–H and O–H groups in total. The lowest BCUT2D eigenvalue weighted by atomic mass is 10.00. The Balaban J connectivity index is 0.000000331. The minimum atomic E-state index is -5.43. The van der Waals surface area contributed by atoms with Gasteiger partial charge < -0.3 is 29.5 Å². The average molecular weight is 1320 g/mol. The second-order valence-electron chi connectivity index (χ2n) is 20.2. The van der Waals surface area contributed by atoms with Crippen molar-refractivity contribution < 1.29 is 82.0 Å². The van der Waals surface area contributed by atoms with Crippen molar-refractivity contribution in [3.63, 3.8) is 0 Å². The molecule has 0 aliphatic carbocycles. The third-order valence-corrected chi connectivity index (χ3v) is 14.3. The Kier molecular flexibility index (Phi) is 23.3. The van der Waals surface area contributed by atoms with Crippen molar-refractivity contribution in [3.05, 3.63) is 131 Å². The average Bonchev–Trinajstić information content (AvgIpc) is 2.27. The Morgan fingerprint density at radius 3 is 1.35 bits per heavy atom. The number of nitrogens with one attached hydrogen (secondary N) is 2. The highest BCUT2D eigenvalue weighted by Crippen LogP contribution is 2.55. The van der Waals surface area contributed by atoms with Gasteiger partial charge in [0, 0.05) is 62.0 Å². The van der Waals surface area contributed by atoms with Crippen molar-refractivity contribution in [1.82, 2.24) is 39.1 Å². The van der Waals surface area contributed by atoms with Crippen LogP contribution in [0.25, 0.3) is 34.1 Å². The van der Waals surface area contributed by atoms with Gasteiger partial charge in [-0.15, -0.1) is 15.3 Å². The zero-order valence-corrected chi connectivity index (χ0v) is 50.9. The van der Waals surface area contributed by atoms with Crippen LogP contribution in [0.4, 0.5) is 37.7 Å². The SMILES string of the molecule is C.C.COP(=O)(OC)O[C@@](C)(CCc1nc(-c2ccc(C)c(NC(=O)c3cnc4cc(C)ccn34)c2)no1)C(F)(F)F.C[Si](C)(C)Br.Cc1ccn2c(C(=O)Nc3cc(-c4noc(CC[C@](C)(OP(=O)(O)O)C(F)(F)F)n4)ccc3C)cnc2c1. The monoisotopic (exact) mass is 1320 g/mol. The molecular formula is C53H67BrF6N10O12P2Si. The van der Waals surface area contributed by atoms with Gasteiger partial charge in [-0.05, 0) is 113 Å². The molecule has 0 spiro atoms. The summed E-state index contributed by atoms with van der Waals surface area (Å²) in [5, 5.41) is 13.3. The Bertz CT molecular complexity index is 3700. The molecule has 6 aromatic heterocycles. The summed E-state index contributed by atoms with van der Waals surface area (Å²) in [5.74, 6) is -0.953. The smallest absolute Gasteiger partial charge is 0.339 e. The summed E-state index contributed by atoms with van der Waals surface area (Å²) in [6.45, 7) is 14.6. The number of pyridine rings is 2. The number of phosphoric ester groups is 2. The summed E-state index contributed by atoms with van der Waals surface area (Å²) in [4.78, 5) is 60.6. The lowest BCUT2D eigenvalue weighted by Crippen LogP contribution is -2.44. The molecule has 8 rings (SSSR count). The molecule has 0 aliphatic heterocycles. The van der Waals surface area contributed by atoms with E-state index >= 15 is 0 Å². The number of amides is 2. The molecule has 8 aromatic rings. The lowest BCUT2D eigenvalue weighted by Gasteiger charge is -2.33. The number of phosphoric acid groups is 2. The second kappa shape index (κ2) is 27.9. The molecule has 0 saturated carbocycles.